The molecule has 6 heteroatoms. The van der Waals surface area contributed by atoms with Crippen molar-refractivity contribution in [1.29, 1.82) is 0 Å². The summed E-state index contributed by atoms with van der Waals surface area (Å²) in [4.78, 5) is 21.0. The third-order valence-electron chi connectivity index (χ3n) is 2.61. The molecule has 102 valence electrons. The zero-order valence-electron chi connectivity index (χ0n) is 10.6. The molecule has 20 heavy (non-hydrogen) atoms. The van der Waals surface area contributed by atoms with E-state index in [0.29, 0.717) is 23.3 Å². The number of ether oxygens (including phenoxy) is 2. The number of nitro benzene ring substituents is 1. The van der Waals surface area contributed by atoms with Gasteiger partial charge in [-0.05, 0) is 30.3 Å². The van der Waals surface area contributed by atoms with Crippen LogP contribution in [0.3, 0.4) is 0 Å². The summed E-state index contributed by atoms with van der Waals surface area (Å²) in [5, 5.41) is 11.0. The van der Waals surface area contributed by atoms with Gasteiger partial charge in [0.05, 0.1) is 12.0 Å². The summed E-state index contributed by atoms with van der Waals surface area (Å²) in [6.45, 7) is 0. The third kappa shape index (κ3) is 2.92. The van der Waals surface area contributed by atoms with Crippen LogP contribution in [0.15, 0.2) is 42.5 Å². The smallest absolute Gasteiger partial charge is 0.311 e. The molecule has 0 aromatic heterocycles. The fourth-order valence-corrected chi connectivity index (χ4v) is 1.60. The molecule has 0 aliphatic carbocycles. The Hall–Kier alpha value is -2.89. The Bertz CT molecular complexity index is 637. The number of hydrogen-bond donors (Lipinski definition) is 0. The Balaban J connectivity index is 2.34. The molecule has 0 N–H and O–H groups in total. The van der Waals surface area contributed by atoms with Crippen molar-refractivity contribution < 1.29 is 19.2 Å². The maximum atomic E-state index is 11.0. The summed E-state index contributed by atoms with van der Waals surface area (Å²) in [5.41, 5.74) is 0.336. The molecule has 0 atom stereocenters. The summed E-state index contributed by atoms with van der Waals surface area (Å²) in [7, 11) is 1.46. The predicted molar refractivity (Wildman–Crippen MR) is 71.6 cm³/mol. The van der Waals surface area contributed by atoms with Crippen molar-refractivity contribution in [1.82, 2.24) is 0 Å². The number of nitro groups is 1. The van der Waals surface area contributed by atoms with Gasteiger partial charge in [-0.25, -0.2) is 0 Å². The van der Waals surface area contributed by atoms with E-state index in [9.17, 15) is 14.9 Å². The molecule has 0 heterocycles. The van der Waals surface area contributed by atoms with Crippen LogP contribution in [0.2, 0.25) is 0 Å². The van der Waals surface area contributed by atoms with Crippen molar-refractivity contribution >= 4 is 12.0 Å². The molecule has 0 bridgehead atoms. The number of rotatable bonds is 5. The largest absolute Gasteiger partial charge is 0.497 e. The molecule has 0 aliphatic rings. The monoisotopic (exact) mass is 273 g/mol. The van der Waals surface area contributed by atoms with Crippen molar-refractivity contribution in [2.24, 2.45) is 0 Å². The van der Waals surface area contributed by atoms with Gasteiger partial charge in [0, 0.05) is 17.7 Å². The van der Waals surface area contributed by atoms with Crippen LogP contribution in [0.4, 0.5) is 5.69 Å². The Kier molecular flexibility index (Phi) is 3.95. The van der Waals surface area contributed by atoms with Crippen LogP contribution in [0, 0.1) is 10.1 Å². The Morgan fingerprint density at radius 1 is 1.10 bits per heavy atom. The molecule has 0 unspecified atom stereocenters. The lowest BCUT2D eigenvalue weighted by Crippen LogP contribution is -1.94. The number of methoxy groups -OCH3 is 1. The van der Waals surface area contributed by atoms with Crippen LogP contribution in [-0.2, 0) is 0 Å². The Labute approximate surface area is 114 Å². The van der Waals surface area contributed by atoms with E-state index in [1.165, 1.54) is 25.3 Å². The lowest BCUT2D eigenvalue weighted by atomic mass is 10.2. The standard InChI is InChI=1S/C14H11NO5/c1-19-12-6-7-13(15(17)18)14(8-12)20-11-4-2-10(9-16)3-5-11/h2-9H,1H3. The van der Waals surface area contributed by atoms with Gasteiger partial charge in [0.25, 0.3) is 0 Å². The molecule has 2 aromatic rings. The van der Waals surface area contributed by atoms with Gasteiger partial charge in [0.2, 0.25) is 5.75 Å². The van der Waals surface area contributed by atoms with Gasteiger partial charge in [0.1, 0.15) is 17.8 Å². The predicted octanol–water partition coefficient (Wildman–Crippen LogP) is 3.21. The fraction of sp³-hybridized carbons (Fsp3) is 0.0714. The number of benzene rings is 2. The quantitative estimate of drug-likeness (QED) is 0.475. The van der Waals surface area contributed by atoms with E-state index in [4.69, 9.17) is 9.47 Å². The third-order valence-corrected chi connectivity index (χ3v) is 2.61. The minimum Gasteiger partial charge on any atom is -0.497 e. The van der Waals surface area contributed by atoms with Gasteiger partial charge in [0.15, 0.2) is 0 Å². The topological polar surface area (TPSA) is 78.7 Å². The first-order valence-corrected chi connectivity index (χ1v) is 5.69. The summed E-state index contributed by atoms with van der Waals surface area (Å²) < 4.78 is 10.5. The molecule has 0 spiro atoms. The number of carbonyl (C=O) groups excluding carboxylic acids is 1. The number of hydrogen-bond acceptors (Lipinski definition) is 5. The van der Waals surface area contributed by atoms with Crippen molar-refractivity contribution in [3.63, 3.8) is 0 Å². The molecule has 2 rings (SSSR count). The van der Waals surface area contributed by atoms with Crippen LogP contribution in [0.1, 0.15) is 10.4 Å². The normalized spacial score (nSPS) is 9.85. The van der Waals surface area contributed by atoms with E-state index in [1.54, 1.807) is 24.3 Å². The molecule has 0 saturated heterocycles. The van der Waals surface area contributed by atoms with Gasteiger partial charge in [-0.3, -0.25) is 14.9 Å². The first-order valence-electron chi connectivity index (χ1n) is 5.69. The summed E-state index contributed by atoms with van der Waals surface area (Å²) in [6, 6.07) is 10.5. The van der Waals surface area contributed by atoms with E-state index < -0.39 is 4.92 Å². The van der Waals surface area contributed by atoms with Crippen LogP contribution < -0.4 is 9.47 Å². The number of nitrogens with zero attached hydrogens (tertiary/aromatic N) is 1. The van der Waals surface area contributed by atoms with E-state index >= 15 is 0 Å². The lowest BCUT2D eigenvalue weighted by molar-refractivity contribution is -0.385. The molecule has 0 radical (unpaired) electrons. The van der Waals surface area contributed by atoms with E-state index in [0.717, 1.165) is 0 Å². The SMILES string of the molecule is COc1ccc([N+](=O)[O-])c(Oc2ccc(C=O)cc2)c1. The maximum Gasteiger partial charge on any atom is 0.311 e. The summed E-state index contributed by atoms with van der Waals surface area (Å²) in [6.07, 6.45) is 0.706. The molecular formula is C14H11NO5. The van der Waals surface area contributed by atoms with E-state index in [1.807, 2.05) is 0 Å². The van der Waals surface area contributed by atoms with Gasteiger partial charge in [-0.2, -0.15) is 0 Å². The highest BCUT2D eigenvalue weighted by molar-refractivity contribution is 5.74. The molecule has 0 aliphatic heterocycles. The number of carbonyl (C=O) groups is 1. The first-order chi connectivity index (χ1) is 9.63. The highest BCUT2D eigenvalue weighted by Gasteiger charge is 2.16. The number of aldehydes is 1. The molecular weight excluding hydrogens is 262 g/mol. The summed E-state index contributed by atoms with van der Waals surface area (Å²) in [5.74, 6) is 0.926. The second-order valence-corrected chi connectivity index (χ2v) is 3.88. The van der Waals surface area contributed by atoms with Crippen molar-refractivity contribution in [3.05, 3.63) is 58.1 Å². The zero-order valence-corrected chi connectivity index (χ0v) is 10.6. The van der Waals surface area contributed by atoms with E-state index in [-0.39, 0.29) is 11.4 Å². The van der Waals surface area contributed by atoms with Gasteiger partial charge in [-0.1, -0.05) is 0 Å². The van der Waals surface area contributed by atoms with Gasteiger partial charge in [-0.15, -0.1) is 0 Å². The van der Waals surface area contributed by atoms with Crippen LogP contribution in [0.5, 0.6) is 17.2 Å². The fourth-order valence-electron chi connectivity index (χ4n) is 1.60. The van der Waals surface area contributed by atoms with Crippen molar-refractivity contribution in [2.45, 2.75) is 0 Å². The highest BCUT2D eigenvalue weighted by atomic mass is 16.6. The molecule has 2 aromatic carbocycles. The average Bonchev–Trinajstić information content (AvgIpc) is 2.47. The van der Waals surface area contributed by atoms with Gasteiger partial charge >= 0.3 is 5.69 Å². The van der Waals surface area contributed by atoms with Crippen molar-refractivity contribution in [2.75, 3.05) is 7.11 Å². The maximum absolute atomic E-state index is 11.0. The highest BCUT2D eigenvalue weighted by Crippen LogP contribution is 2.34. The second kappa shape index (κ2) is 5.83. The van der Waals surface area contributed by atoms with Crippen LogP contribution in [-0.4, -0.2) is 18.3 Å². The van der Waals surface area contributed by atoms with Crippen molar-refractivity contribution in [3.8, 4) is 17.2 Å². The second-order valence-electron chi connectivity index (χ2n) is 3.88. The first kappa shape index (κ1) is 13.5. The molecule has 0 saturated carbocycles. The Morgan fingerprint density at radius 2 is 1.75 bits per heavy atom. The van der Waals surface area contributed by atoms with E-state index in [2.05, 4.69) is 0 Å². The van der Waals surface area contributed by atoms with Gasteiger partial charge < -0.3 is 9.47 Å². The molecule has 0 amide bonds. The minimum absolute atomic E-state index is 0.0770. The molecule has 6 nitrogen and oxygen atoms in total. The van der Waals surface area contributed by atoms with Crippen LogP contribution >= 0.6 is 0 Å². The zero-order chi connectivity index (χ0) is 14.5. The molecule has 0 fully saturated rings. The lowest BCUT2D eigenvalue weighted by Gasteiger charge is -2.08. The minimum atomic E-state index is -0.533. The average molecular weight is 273 g/mol. The Morgan fingerprint density at radius 3 is 2.30 bits per heavy atom. The summed E-state index contributed by atoms with van der Waals surface area (Å²) >= 11 is 0. The van der Waals surface area contributed by atoms with Crippen LogP contribution in [0.25, 0.3) is 0 Å².